The van der Waals surface area contributed by atoms with Crippen LogP contribution in [0.25, 0.3) is 0 Å². The predicted octanol–water partition coefficient (Wildman–Crippen LogP) is 1.37. The molecule has 0 aromatic heterocycles. The SMILES string of the molecule is COc1cc(S(=O)(=O)NC2CC(OC)C2(C)C)ccc1N. The number of rotatable bonds is 5. The van der Waals surface area contributed by atoms with E-state index in [1.54, 1.807) is 7.11 Å². The Morgan fingerprint density at radius 3 is 2.52 bits per heavy atom. The fourth-order valence-electron chi connectivity index (χ4n) is 2.60. The first-order valence-electron chi connectivity index (χ1n) is 6.71. The Bertz CT molecular complexity index is 628. The Hall–Kier alpha value is -1.31. The summed E-state index contributed by atoms with van der Waals surface area (Å²) in [6, 6.07) is 4.27. The maximum absolute atomic E-state index is 12.4. The second kappa shape index (κ2) is 5.47. The second-order valence-corrected chi connectivity index (χ2v) is 7.57. The molecule has 1 aliphatic rings. The molecule has 0 saturated heterocycles. The smallest absolute Gasteiger partial charge is 0.240 e. The van der Waals surface area contributed by atoms with E-state index < -0.39 is 10.0 Å². The maximum Gasteiger partial charge on any atom is 0.240 e. The van der Waals surface area contributed by atoms with Crippen molar-refractivity contribution in [1.29, 1.82) is 0 Å². The van der Waals surface area contributed by atoms with Crippen LogP contribution in [0.5, 0.6) is 5.75 Å². The Morgan fingerprint density at radius 1 is 1.33 bits per heavy atom. The van der Waals surface area contributed by atoms with Crippen LogP contribution >= 0.6 is 0 Å². The maximum atomic E-state index is 12.4. The third-order valence-corrected chi connectivity index (χ3v) is 5.74. The molecule has 7 heteroatoms. The molecule has 0 amide bonds. The minimum atomic E-state index is -3.61. The zero-order chi connectivity index (χ0) is 15.8. The monoisotopic (exact) mass is 314 g/mol. The van der Waals surface area contributed by atoms with Crippen molar-refractivity contribution in [2.45, 2.75) is 37.3 Å². The van der Waals surface area contributed by atoms with Crippen LogP contribution in [-0.4, -0.2) is 34.8 Å². The van der Waals surface area contributed by atoms with E-state index in [-0.39, 0.29) is 22.5 Å². The van der Waals surface area contributed by atoms with Crippen LogP contribution in [0.15, 0.2) is 23.1 Å². The number of methoxy groups -OCH3 is 2. The van der Waals surface area contributed by atoms with E-state index in [9.17, 15) is 8.42 Å². The summed E-state index contributed by atoms with van der Waals surface area (Å²) in [5.74, 6) is 0.348. The van der Waals surface area contributed by atoms with Gasteiger partial charge in [-0.2, -0.15) is 0 Å². The average Bonchev–Trinajstić information content (AvgIpc) is 2.43. The summed E-state index contributed by atoms with van der Waals surface area (Å²) in [5, 5.41) is 0. The number of hydrogen-bond acceptors (Lipinski definition) is 5. The van der Waals surface area contributed by atoms with Gasteiger partial charge in [0.15, 0.2) is 0 Å². The quantitative estimate of drug-likeness (QED) is 0.801. The van der Waals surface area contributed by atoms with Crippen LogP contribution in [0.2, 0.25) is 0 Å². The van der Waals surface area contributed by atoms with E-state index in [2.05, 4.69) is 4.72 Å². The van der Waals surface area contributed by atoms with E-state index in [0.29, 0.717) is 17.9 Å². The van der Waals surface area contributed by atoms with E-state index in [4.69, 9.17) is 15.2 Å². The zero-order valence-corrected chi connectivity index (χ0v) is 13.5. The van der Waals surface area contributed by atoms with Crippen molar-refractivity contribution in [1.82, 2.24) is 4.72 Å². The molecule has 1 aromatic rings. The molecule has 0 spiro atoms. The number of sulfonamides is 1. The third kappa shape index (κ3) is 2.86. The van der Waals surface area contributed by atoms with Crippen molar-refractivity contribution in [3.05, 3.63) is 18.2 Å². The van der Waals surface area contributed by atoms with Crippen molar-refractivity contribution >= 4 is 15.7 Å². The lowest BCUT2D eigenvalue weighted by Gasteiger charge is -2.50. The summed E-state index contributed by atoms with van der Waals surface area (Å²) in [6.45, 7) is 3.98. The van der Waals surface area contributed by atoms with Crippen molar-refractivity contribution < 1.29 is 17.9 Å². The van der Waals surface area contributed by atoms with Gasteiger partial charge in [0.05, 0.1) is 23.8 Å². The molecule has 0 aliphatic heterocycles. The fraction of sp³-hybridized carbons (Fsp3) is 0.571. The summed E-state index contributed by atoms with van der Waals surface area (Å²) >= 11 is 0. The molecule has 1 aromatic carbocycles. The van der Waals surface area contributed by atoms with E-state index in [0.717, 1.165) is 0 Å². The number of ether oxygens (including phenoxy) is 2. The molecular weight excluding hydrogens is 292 g/mol. The molecule has 2 atom stereocenters. The molecular formula is C14H22N2O4S. The van der Waals surface area contributed by atoms with Gasteiger partial charge in [-0.05, 0) is 18.6 Å². The number of anilines is 1. The molecule has 1 aliphatic carbocycles. The first kappa shape index (κ1) is 16.1. The van der Waals surface area contributed by atoms with Gasteiger partial charge in [-0.1, -0.05) is 13.8 Å². The second-order valence-electron chi connectivity index (χ2n) is 5.86. The number of nitrogen functional groups attached to an aromatic ring is 1. The van der Waals surface area contributed by atoms with Gasteiger partial charge in [0.2, 0.25) is 10.0 Å². The molecule has 2 rings (SSSR count). The predicted molar refractivity (Wildman–Crippen MR) is 80.7 cm³/mol. The van der Waals surface area contributed by atoms with Crippen molar-refractivity contribution in [2.75, 3.05) is 20.0 Å². The van der Waals surface area contributed by atoms with Gasteiger partial charge in [0.1, 0.15) is 5.75 Å². The van der Waals surface area contributed by atoms with Crippen LogP contribution in [0.1, 0.15) is 20.3 Å². The summed E-state index contributed by atoms with van der Waals surface area (Å²) in [6.07, 6.45) is 0.723. The molecule has 1 saturated carbocycles. The van der Waals surface area contributed by atoms with Gasteiger partial charge in [-0.15, -0.1) is 0 Å². The first-order valence-corrected chi connectivity index (χ1v) is 8.19. The van der Waals surface area contributed by atoms with Crippen LogP contribution in [0, 0.1) is 5.41 Å². The van der Waals surface area contributed by atoms with Gasteiger partial charge in [0, 0.05) is 24.6 Å². The number of hydrogen-bond donors (Lipinski definition) is 2. The Morgan fingerprint density at radius 2 is 2.00 bits per heavy atom. The van der Waals surface area contributed by atoms with Gasteiger partial charge < -0.3 is 15.2 Å². The van der Waals surface area contributed by atoms with Crippen molar-refractivity contribution in [3.63, 3.8) is 0 Å². The lowest BCUT2D eigenvalue weighted by molar-refractivity contribution is -0.0908. The highest BCUT2D eigenvalue weighted by Crippen LogP contribution is 2.43. The normalized spacial score (nSPS) is 24.4. The summed E-state index contributed by atoms with van der Waals surface area (Å²) in [5.41, 5.74) is 5.87. The molecule has 118 valence electrons. The minimum Gasteiger partial charge on any atom is -0.495 e. The summed E-state index contributed by atoms with van der Waals surface area (Å²) in [7, 11) is -0.521. The molecule has 1 fully saturated rings. The van der Waals surface area contributed by atoms with E-state index >= 15 is 0 Å². The molecule has 0 bridgehead atoms. The van der Waals surface area contributed by atoms with Crippen LogP contribution in [-0.2, 0) is 14.8 Å². The van der Waals surface area contributed by atoms with Crippen LogP contribution in [0.4, 0.5) is 5.69 Å². The van der Waals surface area contributed by atoms with Crippen LogP contribution < -0.4 is 15.2 Å². The molecule has 6 nitrogen and oxygen atoms in total. The standard InChI is InChI=1S/C14H22N2O4S/c1-14(2)12(8-13(14)20-4)16-21(17,18)9-5-6-10(15)11(7-9)19-3/h5-7,12-13,16H,8,15H2,1-4H3. The third-order valence-electron chi connectivity index (χ3n) is 4.27. The Balaban J connectivity index is 2.20. The highest BCUT2D eigenvalue weighted by Gasteiger charge is 2.50. The Labute approximate surface area is 125 Å². The molecule has 2 unspecified atom stereocenters. The number of nitrogens with one attached hydrogen (secondary N) is 1. The zero-order valence-electron chi connectivity index (χ0n) is 12.7. The van der Waals surface area contributed by atoms with Gasteiger partial charge in [-0.3, -0.25) is 0 Å². The van der Waals surface area contributed by atoms with Gasteiger partial charge >= 0.3 is 0 Å². The highest BCUT2D eigenvalue weighted by molar-refractivity contribution is 7.89. The van der Waals surface area contributed by atoms with Crippen molar-refractivity contribution in [2.24, 2.45) is 5.41 Å². The van der Waals surface area contributed by atoms with Gasteiger partial charge in [-0.25, -0.2) is 13.1 Å². The van der Waals surface area contributed by atoms with Gasteiger partial charge in [0.25, 0.3) is 0 Å². The lowest BCUT2D eigenvalue weighted by atomic mass is 9.65. The number of nitrogens with two attached hydrogens (primary N) is 1. The highest BCUT2D eigenvalue weighted by atomic mass is 32.2. The number of benzene rings is 1. The molecule has 0 radical (unpaired) electrons. The molecule has 21 heavy (non-hydrogen) atoms. The van der Waals surface area contributed by atoms with Crippen LogP contribution in [0.3, 0.4) is 0 Å². The summed E-state index contributed by atoms with van der Waals surface area (Å²) < 4.78 is 38.0. The molecule has 0 heterocycles. The van der Waals surface area contributed by atoms with Crippen molar-refractivity contribution in [3.8, 4) is 5.75 Å². The minimum absolute atomic E-state index is 0.0613. The Kier molecular flexibility index (Phi) is 4.19. The molecule has 3 N–H and O–H groups in total. The first-order chi connectivity index (χ1) is 9.72. The van der Waals surface area contributed by atoms with E-state index in [1.165, 1.54) is 25.3 Å². The fourth-order valence-corrected chi connectivity index (χ4v) is 4.02. The topological polar surface area (TPSA) is 90.7 Å². The largest absolute Gasteiger partial charge is 0.495 e. The summed E-state index contributed by atoms with van der Waals surface area (Å²) in [4.78, 5) is 0.144. The average molecular weight is 314 g/mol. The lowest BCUT2D eigenvalue weighted by Crippen LogP contribution is -2.61. The van der Waals surface area contributed by atoms with E-state index in [1.807, 2.05) is 13.8 Å².